The van der Waals surface area contributed by atoms with E-state index in [-0.39, 0.29) is 11.7 Å². The molecule has 0 spiro atoms. The van der Waals surface area contributed by atoms with Gasteiger partial charge in [-0.05, 0) is 44.3 Å². The van der Waals surface area contributed by atoms with Gasteiger partial charge in [0.25, 0.3) is 5.91 Å². The van der Waals surface area contributed by atoms with E-state index >= 15 is 0 Å². The highest BCUT2D eigenvalue weighted by Gasteiger charge is 2.19. The summed E-state index contributed by atoms with van der Waals surface area (Å²) in [5, 5.41) is 12.0. The van der Waals surface area contributed by atoms with E-state index < -0.39 is 0 Å². The Morgan fingerprint density at radius 2 is 1.74 bits per heavy atom. The summed E-state index contributed by atoms with van der Waals surface area (Å²) in [5.41, 5.74) is 4.20. The van der Waals surface area contributed by atoms with Gasteiger partial charge in [-0.3, -0.25) is 9.48 Å². The van der Waals surface area contributed by atoms with Crippen molar-refractivity contribution in [2.45, 2.75) is 27.3 Å². The Bertz CT molecular complexity index is 1240. The summed E-state index contributed by atoms with van der Waals surface area (Å²) >= 11 is 0. The number of aromatic nitrogens is 4. The van der Waals surface area contributed by atoms with Gasteiger partial charge in [0.1, 0.15) is 11.5 Å². The van der Waals surface area contributed by atoms with Crippen LogP contribution < -0.4 is 5.32 Å². The van der Waals surface area contributed by atoms with Gasteiger partial charge >= 0.3 is 0 Å². The minimum Gasteiger partial charge on any atom is -0.319 e. The number of hydrogen-bond donors (Lipinski definition) is 1. The molecule has 2 heterocycles. The lowest BCUT2D eigenvalue weighted by molar-refractivity contribution is 0.102. The minimum absolute atomic E-state index is 0.285. The van der Waals surface area contributed by atoms with Crippen molar-refractivity contribution in [3.05, 3.63) is 84.1 Å². The van der Waals surface area contributed by atoms with Crippen LogP contribution in [-0.2, 0) is 6.54 Å². The van der Waals surface area contributed by atoms with Gasteiger partial charge in [-0.1, -0.05) is 43.7 Å². The van der Waals surface area contributed by atoms with Crippen molar-refractivity contribution in [3.63, 3.8) is 0 Å². The molecule has 0 saturated carbocycles. The number of nitrogens with one attached hydrogen (secondary N) is 1. The molecule has 0 fully saturated rings. The first-order valence-electron chi connectivity index (χ1n) is 11.5. The highest BCUT2D eigenvalue weighted by molar-refractivity contribution is 6.08. The van der Waals surface area contributed by atoms with E-state index in [0.717, 1.165) is 37.3 Å². The number of aryl methyl sites for hydroxylation is 1. The third kappa shape index (κ3) is 5.40. The van der Waals surface area contributed by atoms with Crippen LogP contribution in [0.5, 0.6) is 0 Å². The van der Waals surface area contributed by atoms with Crippen molar-refractivity contribution >= 4 is 11.6 Å². The Morgan fingerprint density at radius 3 is 2.41 bits per heavy atom. The van der Waals surface area contributed by atoms with Gasteiger partial charge in [0.2, 0.25) is 0 Å². The van der Waals surface area contributed by atoms with Crippen molar-refractivity contribution in [1.29, 1.82) is 0 Å². The second-order valence-corrected chi connectivity index (χ2v) is 8.15. The highest BCUT2D eigenvalue weighted by atomic mass is 19.1. The fraction of sp³-hybridized carbons (Fsp3) is 0.269. The van der Waals surface area contributed by atoms with Crippen LogP contribution >= 0.6 is 0 Å². The maximum Gasteiger partial charge on any atom is 0.259 e. The number of hydrogen-bond acceptors (Lipinski definition) is 4. The van der Waals surface area contributed by atoms with Crippen LogP contribution in [-0.4, -0.2) is 50.0 Å². The third-order valence-electron chi connectivity index (χ3n) is 5.81. The molecule has 1 N–H and O–H groups in total. The molecule has 2 aromatic heterocycles. The Balaban J connectivity index is 1.59. The number of nitrogens with zero attached hydrogens (tertiary/aromatic N) is 5. The van der Waals surface area contributed by atoms with E-state index in [4.69, 9.17) is 0 Å². The fourth-order valence-electron chi connectivity index (χ4n) is 3.72. The molecule has 0 aliphatic carbocycles. The molecule has 0 bridgehead atoms. The molecule has 0 unspecified atom stereocenters. The maximum atomic E-state index is 13.4. The normalized spacial score (nSPS) is 11.2. The van der Waals surface area contributed by atoms with Crippen LogP contribution in [0.4, 0.5) is 10.1 Å². The molecule has 8 heteroatoms. The zero-order valence-electron chi connectivity index (χ0n) is 19.7. The lowest BCUT2D eigenvalue weighted by Crippen LogP contribution is -2.27. The zero-order chi connectivity index (χ0) is 24.1. The predicted molar refractivity (Wildman–Crippen MR) is 132 cm³/mol. The molecular weight excluding hydrogens is 431 g/mol. The summed E-state index contributed by atoms with van der Waals surface area (Å²) in [6.07, 6.45) is 5.15. The summed E-state index contributed by atoms with van der Waals surface area (Å²) in [5.74, 6) is -0.613. The molecule has 34 heavy (non-hydrogen) atoms. The van der Waals surface area contributed by atoms with Gasteiger partial charge in [-0.25, -0.2) is 9.07 Å². The smallest absolute Gasteiger partial charge is 0.259 e. The van der Waals surface area contributed by atoms with Crippen LogP contribution in [0.25, 0.3) is 16.9 Å². The highest BCUT2D eigenvalue weighted by Crippen LogP contribution is 2.25. The molecule has 0 radical (unpaired) electrons. The third-order valence-corrected chi connectivity index (χ3v) is 5.81. The molecule has 4 rings (SSSR count). The van der Waals surface area contributed by atoms with E-state index in [1.165, 1.54) is 12.1 Å². The topological polar surface area (TPSA) is 68.0 Å². The minimum atomic E-state index is -0.328. The molecule has 2 aromatic carbocycles. The number of halogens is 1. The first kappa shape index (κ1) is 23.4. The van der Waals surface area contributed by atoms with Crippen molar-refractivity contribution in [3.8, 4) is 16.9 Å². The first-order chi connectivity index (χ1) is 16.5. The van der Waals surface area contributed by atoms with Gasteiger partial charge in [-0.2, -0.15) is 10.2 Å². The largest absolute Gasteiger partial charge is 0.319 e. The van der Waals surface area contributed by atoms with Crippen molar-refractivity contribution < 1.29 is 9.18 Å². The van der Waals surface area contributed by atoms with Gasteiger partial charge in [0, 0.05) is 24.5 Å². The van der Waals surface area contributed by atoms with Crippen molar-refractivity contribution in [2.24, 2.45) is 0 Å². The number of rotatable bonds is 9. The van der Waals surface area contributed by atoms with Gasteiger partial charge in [0.15, 0.2) is 0 Å². The molecule has 0 atom stereocenters. The summed E-state index contributed by atoms with van der Waals surface area (Å²) in [6, 6.07) is 13.8. The van der Waals surface area contributed by atoms with E-state index in [1.54, 1.807) is 29.2 Å². The molecule has 7 nitrogen and oxygen atoms in total. The quantitative estimate of drug-likeness (QED) is 0.390. The standard InChI is InChI=1S/C26H29FN6O/c1-4-31(5-2)14-15-32-17-22(16-28-32)29-26(34)24-18-33(23-12-10-21(27)11-13-23)30-25(24)20-8-6-19(3)7-9-20/h6-13,16-18H,4-5,14-15H2,1-3H3,(H,29,34). The first-order valence-corrected chi connectivity index (χ1v) is 11.5. The second kappa shape index (κ2) is 10.4. The van der Waals surface area contributed by atoms with Crippen molar-refractivity contribution in [1.82, 2.24) is 24.5 Å². The Morgan fingerprint density at radius 1 is 1.03 bits per heavy atom. The maximum absolute atomic E-state index is 13.4. The van der Waals surface area contributed by atoms with E-state index in [2.05, 4.69) is 34.3 Å². The molecule has 0 aliphatic rings. The average Bonchev–Trinajstić information content (AvgIpc) is 3.48. The van der Waals surface area contributed by atoms with Gasteiger partial charge in [-0.15, -0.1) is 0 Å². The lowest BCUT2D eigenvalue weighted by atomic mass is 10.1. The zero-order valence-corrected chi connectivity index (χ0v) is 19.7. The van der Waals surface area contributed by atoms with Crippen LogP contribution in [0.1, 0.15) is 29.8 Å². The number of anilines is 1. The van der Waals surface area contributed by atoms with Crippen LogP contribution in [0, 0.1) is 12.7 Å². The number of carbonyl (C=O) groups excluding carboxylic acids is 1. The van der Waals surface area contributed by atoms with Crippen LogP contribution in [0.15, 0.2) is 67.1 Å². The van der Waals surface area contributed by atoms with Crippen LogP contribution in [0.3, 0.4) is 0 Å². The number of amides is 1. The van der Waals surface area contributed by atoms with Gasteiger partial charge in [0.05, 0.1) is 29.7 Å². The molecule has 1 amide bonds. The van der Waals surface area contributed by atoms with E-state index in [0.29, 0.717) is 22.6 Å². The fourth-order valence-corrected chi connectivity index (χ4v) is 3.72. The lowest BCUT2D eigenvalue weighted by Gasteiger charge is -2.17. The van der Waals surface area contributed by atoms with Crippen molar-refractivity contribution in [2.75, 3.05) is 25.0 Å². The van der Waals surface area contributed by atoms with Crippen LogP contribution in [0.2, 0.25) is 0 Å². The summed E-state index contributed by atoms with van der Waals surface area (Å²) in [6.45, 7) is 9.89. The average molecular weight is 461 g/mol. The molecule has 0 aliphatic heterocycles. The molecule has 4 aromatic rings. The summed E-state index contributed by atoms with van der Waals surface area (Å²) in [7, 11) is 0. The molecule has 0 saturated heterocycles. The van der Waals surface area contributed by atoms with E-state index in [1.807, 2.05) is 42.1 Å². The predicted octanol–water partition coefficient (Wildman–Crippen LogP) is 4.78. The van der Waals surface area contributed by atoms with E-state index in [9.17, 15) is 9.18 Å². The number of benzene rings is 2. The number of likely N-dealkylation sites (N-methyl/N-ethyl adjacent to an activating group) is 1. The summed E-state index contributed by atoms with van der Waals surface area (Å²) in [4.78, 5) is 15.6. The second-order valence-electron chi connectivity index (χ2n) is 8.15. The Hall–Kier alpha value is -3.78. The summed E-state index contributed by atoms with van der Waals surface area (Å²) < 4.78 is 16.8. The monoisotopic (exact) mass is 460 g/mol. The Labute approximate surface area is 198 Å². The Kier molecular flexibility index (Phi) is 7.18. The SMILES string of the molecule is CCN(CC)CCn1cc(NC(=O)c2cn(-c3ccc(F)cc3)nc2-c2ccc(C)cc2)cn1. The molecule has 176 valence electrons. The number of carbonyl (C=O) groups is 1. The van der Waals surface area contributed by atoms with Gasteiger partial charge < -0.3 is 10.2 Å². The molecular formula is C26H29FN6O.